The largest absolute Gasteiger partial charge is 0.481 e. The molecule has 6 nitrogen and oxygen atoms in total. The van der Waals surface area contributed by atoms with E-state index in [1.807, 2.05) is 4.90 Å². The Morgan fingerprint density at radius 1 is 1.24 bits per heavy atom. The van der Waals surface area contributed by atoms with Gasteiger partial charge in [0.05, 0.1) is 17.7 Å². The van der Waals surface area contributed by atoms with E-state index in [1.165, 1.54) is 18.2 Å². The summed E-state index contributed by atoms with van der Waals surface area (Å²) >= 11 is 0. The van der Waals surface area contributed by atoms with E-state index < -0.39 is 11.8 Å². The highest BCUT2D eigenvalue weighted by Gasteiger charge is 2.24. The number of carboxylic acid groups (broad SMARTS) is 1. The van der Waals surface area contributed by atoms with Crippen molar-refractivity contribution >= 4 is 17.6 Å². The topological polar surface area (TPSA) is 86.9 Å². The number of amides is 1. The number of carboxylic acids is 1. The lowest BCUT2D eigenvalue weighted by Crippen LogP contribution is -2.49. The van der Waals surface area contributed by atoms with Crippen molar-refractivity contribution in [2.45, 2.75) is 6.42 Å². The van der Waals surface area contributed by atoms with Crippen LogP contribution in [0.15, 0.2) is 18.2 Å². The molecule has 21 heavy (non-hydrogen) atoms. The minimum absolute atomic E-state index is 0.0881. The van der Waals surface area contributed by atoms with Gasteiger partial charge in [0.2, 0.25) is 0 Å². The maximum Gasteiger partial charge on any atom is 0.304 e. The summed E-state index contributed by atoms with van der Waals surface area (Å²) in [4.78, 5) is 26.4. The Labute approximate surface area is 121 Å². The van der Waals surface area contributed by atoms with Crippen LogP contribution in [0.1, 0.15) is 16.8 Å². The number of para-hydroxylation sites is 1. The van der Waals surface area contributed by atoms with Crippen LogP contribution in [0.4, 0.5) is 10.1 Å². The zero-order valence-electron chi connectivity index (χ0n) is 11.6. The molecule has 0 unspecified atom stereocenters. The molecule has 1 aliphatic heterocycles. The monoisotopic (exact) mass is 295 g/mol. The number of nitrogens with two attached hydrogens (primary N) is 1. The second-order valence-electron chi connectivity index (χ2n) is 4.98. The molecular formula is C14H18FN3O3. The highest BCUT2D eigenvalue weighted by atomic mass is 19.1. The van der Waals surface area contributed by atoms with Crippen molar-refractivity contribution in [3.63, 3.8) is 0 Å². The van der Waals surface area contributed by atoms with E-state index in [9.17, 15) is 14.0 Å². The molecule has 0 aliphatic carbocycles. The van der Waals surface area contributed by atoms with Gasteiger partial charge < -0.3 is 15.7 Å². The van der Waals surface area contributed by atoms with E-state index in [4.69, 9.17) is 10.8 Å². The number of rotatable bonds is 4. The predicted molar refractivity (Wildman–Crippen MR) is 75.4 cm³/mol. The van der Waals surface area contributed by atoms with Crippen LogP contribution in [0.2, 0.25) is 0 Å². The Hall–Kier alpha value is -2.15. The third-order valence-electron chi connectivity index (χ3n) is 3.58. The van der Waals surface area contributed by atoms with Gasteiger partial charge in [0.15, 0.2) is 0 Å². The Kier molecular flexibility index (Phi) is 4.74. The highest BCUT2D eigenvalue weighted by molar-refractivity contribution is 5.99. The maximum atomic E-state index is 13.4. The second kappa shape index (κ2) is 6.53. The van der Waals surface area contributed by atoms with Gasteiger partial charge in [-0.05, 0) is 12.1 Å². The summed E-state index contributed by atoms with van der Waals surface area (Å²) in [5, 5.41) is 8.65. The fourth-order valence-electron chi connectivity index (χ4n) is 2.32. The van der Waals surface area contributed by atoms with Gasteiger partial charge in [0.25, 0.3) is 5.91 Å². The van der Waals surface area contributed by atoms with Crippen LogP contribution in [-0.4, -0.2) is 59.5 Å². The third kappa shape index (κ3) is 3.69. The summed E-state index contributed by atoms with van der Waals surface area (Å²) in [6.45, 7) is 2.64. The summed E-state index contributed by atoms with van der Waals surface area (Å²) in [5.41, 5.74) is 5.65. The van der Waals surface area contributed by atoms with Gasteiger partial charge in [0.1, 0.15) is 5.82 Å². The van der Waals surface area contributed by atoms with Crippen molar-refractivity contribution < 1.29 is 19.1 Å². The molecule has 1 saturated heterocycles. The van der Waals surface area contributed by atoms with E-state index in [0.717, 1.165) is 0 Å². The molecule has 1 fully saturated rings. The predicted octanol–water partition coefficient (Wildman–Crippen LogP) is 0.640. The average Bonchev–Trinajstić information content (AvgIpc) is 2.48. The van der Waals surface area contributed by atoms with Gasteiger partial charge in [-0.3, -0.25) is 14.5 Å². The second-order valence-corrected chi connectivity index (χ2v) is 4.98. The zero-order valence-corrected chi connectivity index (χ0v) is 11.6. The Balaban J connectivity index is 1.94. The molecule has 0 saturated carbocycles. The molecule has 0 aromatic heterocycles. The number of hydrogen-bond acceptors (Lipinski definition) is 4. The van der Waals surface area contributed by atoms with E-state index in [0.29, 0.717) is 32.7 Å². The van der Waals surface area contributed by atoms with Crippen LogP contribution in [0.3, 0.4) is 0 Å². The zero-order chi connectivity index (χ0) is 15.4. The van der Waals surface area contributed by atoms with Crippen LogP contribution in [-0.2, 0) is 4.79 Å². The van der Waals surface area contributed by atoms with Crippen molar-refractivity contribution in [1.82, 2.24) is 9.80 Å². The molecule has 0 radical (unpaired) electrons. The summed E-state index contributed by atoms with van der Waals surface area (Å²) in [7, 11) is 0. The molecular weight excluding hydrogens is 277 g/mol. The van der Waals surface area contributed by atoms with Gasteiger partial charge in [-0.2, -0.15) is 0 Å². The van der Waals surface area contributed by atoms with E-state index in [-0.39, 0.29) is 23.6 Å². The van der Waals surface area contributed by atoms with Crippen LogP contribution in [0.5, 0.6) is 0 Å². The number of benzene rings is 1. The fourth-order valence-corrected chi connectivity index (χ4v) is 2.32. The molecule has 0 atom stereocenters. The van der Waals surface area contributed by atoms with Crippen LogP contribution in [0.25, 0.3) is 0 Å². The normalized spacial score (nSPS) is 16.0. The van der Waals surface area contributed by atoms with Gasteiger partial charge in [-0.15, -0.1) is 0 Å². The fraction of sp³-hybridized carbons (Fsp3) is 0.429. The van der Waals surface area contributed by atoms with Gasteiger partial charge in [-0.25, -0.2) is 4.39 Å². The van der Waals surface area contributed by atoms with E-state index in [1.54, 1.807) is 4.90 Å². The number of nitrogens with zero attached hydrogens (tertiary/aromatic N) is 2. The number of carbonyl (C=O) groups is 2. The quantitative estimate of drug-likeness (QED) is 0.796. The number of aliphatic carboxylic acids is 1. The summed E-state index contributed by atoms with van der Waals surface area (Å²) in [5.74, 6) is -1.72. The van der Waals surface area contributed by atoms with Crippen molar-refractivity contribution in [3.8, 4) is 0 Å². The Morgan fingerprint density at radius 3 is 2.52 bits per heavy atom. The summed E-state index contributed by atoms with van der Waals surface area (Å²) in [6.07, 6.45) is 0.0881. The first-order valence-electron chi connectivity index (χ1n) is 6.76. The maximum absolute atomic E-state index is 13.4. The first kappa shape index (κ1) is 15.2. The molecule has 7 heteroatoms. The first-order chi connectivity index (χ1) is 9.99. The number of piperazine rings is 1. The lowest BCUT2D eigenvalue weighted by Gasteiger charge is -2.34. The molecule has 1 heterocycles. The molecule has 114 valence electrons. The van der Waals surface area contributed by atoms with Crippen LogP contribution >= 0.6 is 0 Å². The lowest BCUT2D eigenvalue weighted by atomic mass is 10.1. The van der Waals surface area contributed by atoms with Gasteiger partial charge in [0, 0.05) is 32.7 Å². The van der Waals surface area contributed by atoms with Gasteiger partial charge >= 0.3 is 5.97 Å². The standard InChI is InChI=1S/C14H18FN3O3/c15-11-3-1-2-10(13(11)16)14(21)18-8-6-17(7-9-18)5-4-12(19)20/h1-3H,4-9,16H2,(H,19,20). The van der Waals surface area contributed by atoms with Crippen molar-refractivity contribution in [1.29, 1.82) is 0 Å². The summed E-state index contributed by atoms with van der Waals surface area (Å²) < 4.78 is 13.4. The summed E-state index contributed by atoms with van der Waals surface area (Å²) in [6, 6.07) is 4.19. The third-order valence-corrected chi connectivity index (χ3v) is 3.58. The molecule has 3 N–H and O–H groups in total. The van der Waals surface area contributed by atoms with Crippen molar-refractivity contribution in [3.05, 3.63) is 29.6 Å². The number of nitrogen functional groups attached to an aromatic ring is 1. The van der Waals surface area contributed by atoms with E-state index >= 15 is 0 Å². The molecule has 1 aliphatic rings. The molecule has 2 rings (SSSR count). The number of hydrogen-bond donors (Lipinski definition) is 2. The molecule has 1 amide bonds. The highest BCUT2D eigenvalue weighted by Crippen LogP contribution is 2.18. The van der Waals surface area contributed by atoms with Crippen LogP contribution < -0.4 is 5.73 Å². The van der Waals surface area contributed by atoms with Crippen LogP contribution in [0, 0.1) is 5.82 Å². The van der Waals surface area contributed by atoms with Crippen molar-refractivity contribution in [2.75, 3.05) is 38.5 Å². The molecule has 0 bridgehead atoms. The smallest absolute Gasteiger partial charge is 0.304 e. The first-order valence-corrected chi connectivity index (χ1v) is 6.76. The molecule has 1 aromatic rings. The SMILES string of the molecule is Nc1c(F)cccc1C(=O)N1CCN(CCC(=O)O)CC1. The van der Waals surface area contributed by atoms with Gasteiger partial charge in [-0.1, -0.05) is 6.07 Å². The minimum atomic E-state index is -0.832. The Morgan fingerprint density at radius 2 is 1.90 bits per heavy atom. The van der Waals surface area contributed by atoms with Crippen molar-refractivity contribution in [2.24, 2.45) is 0 Å². The minimum Gasteiger partial charge on any atom is -0.481 e. The average molecular weight is 295 g/mol. The number of anilines is 1. The molecule has 0 spiro atoms. The number of halogens is 1. The Bertz CT molecular complexity index is 542. The lowest BCUT2D eigenvalue weighted by molar-refractivity contribution is -0.137. The number of carbonyl (C=O) groups excluding carboxylic acids is 1. The van der Waals surface area contributed by atoms with E-state index in [2.05, 4.69) is 0 Å². The molecule has 1 aromatic carbocycles.